The van der Waals surface area contributed by atoms with Crippen molar-refractivity contribution in [1.82, 2.24) is 4.57 Å². The molecule has 4 nitrogen and oxygen atoms in total. The molecule has 0 unspecified atom stereocenters. The Hall–Kier alpha value is -1.71. The standard InChI is InChI=1S/C11H13NO3/c1-3-12-10-8(14-4-2)6-5-7-9(10)15-11(12)13/h5-7H,3-4H2,1-2H3. The van der Waals surface area contributed by atoms with Gasteiger partial charge >= 0.3 is 5.76 Å². The fraction of sp³-hybridized carbons (Fsp3) is 0.364. The summed E-state index contributed by atoms with van der Waals surface area (Å²) < 4.78 is 12.1. The molecule has 0 saturated carbocycles. The minimum absolute atomic E-state index is 0.334. The molecule has 0 aliphatic heterocycles. The maximum Gasteiger partial charge on any atom is 0.420 e. The quantitative estimate of drug-likeness (QED) is 0.773. The van der Waals surface area contributed by atoms with Crippen molar-refractivity contribution in [2.24, 2.45) is 0 Å². The molecule has 2 aromatic rings. The zero-order chi connectivity index (χ0) is 10.8. The second-order valence-corrected chi connectivity index (χ2v) is 3.15. The molecule has 0 spiro atoms. The van der Waals surface area contributed by atoms with E-state index in [2.05, 4.69) is 0 Å². The lowest BCUT2D eigenvalue weighted by Crippen LogP contribution is -2.12. The molecule has 0 aliphatic rings. The summed E-state index contributed by atoms with van der Waals surface area (Å²) >= 11 is 0. The third kappa shape index (κ3) is 1.52. The number of hydrogen-bond acceptors (Lipinski definition) is 3. The summed E-state index contributed by atoms with van der Waals surface area (Å²) in [5.74, 6) is 0.363. The zero-order valence-corrected chi connectivity index (χ0v) is 8.82. The van der Waals surface area contributed by atoms with E-state index < -0.39 is 0 Å². The molecular weight excluding hydrogens is 194 g/mol. The maximum atomic E-state index is 11.5. The third-order valence-corrected chi connectivity index (χ3v) is 2.27. The number of hydrogen-bond donors (Lipinski definition) is 0. The van der Waals surface area contributed by atoms with Crippen LogP contribution in [0.1, 0.15) is 13.8 Å². The van der Waals surface area contributed by atoms with Crippen LogP contribution in [0.2, 0.25) is 0 Å². The van der Waals surface area contributed by atoms with Crippen molar-refractivity contribution < 1.29 is 9.15 Å². The van der Waals surface area contributed by atoms with Crippen molar-refractivity contribution in [2.75, 3.05) is 6.61 Å². The second kappa shape index (κ2) is 3.81. The van der Waals surface area contributed by atoms with Crippen molar-refractivity contribution >= 4 is 11.1 Å². The van der Waals surface area contributed by atoms with Gasteiger partial charge in [0.25, 0.3) is 0 Å². The molecule has 1 aromatic carbocycles. The fourth-order valence-electron chi connectivity index (χ4n) is 1.65. The smallest absolute Gasteiger partial charge is 0.420 e. The number of fused-ring (bicyclic) bond motifs is 1. The first-order valence-electron chi connectivity index (χ1n) is 5.03. The van der Waals surface area contributed by atoms with Crippen molar-refractivity contribution in [3.63, 3.8) is 0 Å². The number of rotatable bonds is 3. The van der Waals surface area contributed by atoms with E-state index in [1.807, 2.05) is 26.0 Å². The van der Waals surface area contributed by atoms with Gasteiger partial charge in [-0.05, 0) is 26.0 Å². The molecule has 4 heteroatoms. The third-order valence-electron chi connectivity index (χ3n) is 2.27. The summed E-state index contributed by atoms with van der Waals surface area (Å²) in [6.07, 6.45) is 0. The Balaban J connectivity index is 2.75. The largest absolute Gasteiger partial charge is 0.492 e. The van der Waals surface area contributed by atoms with Crippen molar-refractivity contribution in [2.45, 2.75) is 20.4 Å². The number of para-hydroxylation sites is 1. The first kappa shape index (κ1) is 9.83. The molecule has 1 aromatic heterocycles. The van der Waals surface area contributed by atoms with Crippen LogP contribution in [0.15, 0.2) is 27.4 Å². The van der Waals surface area contributed by atoms with Crippen LogP contribution in [-0.2, 0) is 6.54 Å². The van der Waals surface area contributed by atoms with Crippen LogP contribution >= 0.6 is 0 Å². The highest BCUT2D eigenvalue weighted by Gasteiger charge is 2.12. The predicted molar refractivity (Wildman–Crippen MR) is 57.3 cm³/mol. The summed E-state index contributed by atoms with van der Waals surface area (Å²) in [5, 5.41) is 0. The highest BCUT2D eigenvalue weighted by atomic mass is 16.5. The van der Waals surface area contributed by atoms with Crippen molar-refractivity contribution in [3.8, 4) is 5.75 Å². The molecule has 15 heavy (non-hydrogen) atoms. The van der Waals surface area contributed by atoms with E-state index in [1.54, 1.807) is 10.6 Å². The molecule has 0 bridgehead atoms. The zero-order valence-electron chi connectivity index (χ0n) is 8.82. The number of oxazole rings is 1. The Bertz CT molecular complexity index is 524. The molecule has 0 aliphatic carbocycles. The van der Waals surface area contributed by atoms with Crippen LogP contribution in [0.3, 0.4) is 0 Å². The lowest BCUT2D eigenvalue weighted by molar-refractivity contribution is 0.342. The Morgan fingerprint density at radius 2 is 2.20 bits per heavy atom. The van der Waals surface area contributed by atoms with Gasteiger partial charge in [-0.25, -0.2) is 4.79 Å². The number of nitrogens with zero attached hydrogens (tertiary/aromatic N) is 1. The Morgan fingerprint density at radius 1 is 1.40 bits per heavy atom. The molecule has 0 amide bonds. The van der Waals surface area contributed by atoms with Gasteiger partial charge in [-0.15, -0.1) is 0 Å². The van der Waals surface area contributed by atoms with Crippen LogP contribution in [0.5, 0.6) is 5.75 Å². The highest BCUT2D eigenvalue weighted by molar-refractivity contribution is 5.80. The average molecular weight is 207 g/mol. The topological polar surface area (TPSA) is 44.4 Å². The molecule has 0 radical (unpaired) electrons. The molecule has 0 N–H and O–H groups in total. The molecule has 80 valence electrons. The first-order valence-corrected chi connectivity index (χ1v) is 5.03. The highest BCUT2D eigenvalue weighted by Crippen LogP contribution is 2.24. The monoisotopic (exact) mass is 207 g/mol. The van der Waals surface area contributed by atoms with E-state index in [0.717, 1.165) is 5.52 Å². The Morgan fingerprint density at radius 3 is 2.87 bits per heavy atom. The van der Waals surface area contributed by atoms with Crippen LogP contribution in [0.25, 0.3) is 11.1 Å². The SMILES string of the molecule is CCOc1cccc2oc(=O)n(CC)c12. The molecule has 1 heterocycles. The van der Waals surface area contributed by atoms with Crippen LogP contribution in [0.4, 0.5) is 0 Å². The number of benzene rings is 1. The van der Waals surface area contributed by atoms with Crippen LogP contribution < -0.4 is 10.5 Å². The average Bonchev–Trinajstić information content (AvgIpc) is 2.55. The summed E-state index contributed by atoms with van der Waals surface area (Å²) in [5.41, 5.74) is 1.32. The van der Waals surface area contributed by atoms with E-state index in [1.165, 1.54) is 0 Å². The first-order chi connectivity index (χ1) is 7.27. The predicted octanol–water partition coefficient (Wildman–Crippen LogP) is 2.01. The molecule has 0 saturated heterocycles. The molecule has 2 rings (SSSR count). The molecular formula is C11H13NO3. The summed E-state index contributed by atoms with van der Waals surface area (Å²) in [6.45, 7) is 4.96. The normalized spacial score (nSPS) is 10.8. The van der Waals surface area contributed by atoms with E-state index in [4.69, 9.17) is 9.15 Å². The maximum absolute atomic E-state index is 11.5. The minimum Gasteiger partial charge on any atom is -0.492 e. The van der Waals surface area contributed by atoms with Gasteiger partial charge in [0.05, 0.1) is 6.61 Å². The molecule has 0 fully saturated rings. The van der Waals surface area contributed by atoms with E-state index in [0.29, 0.717) is 24.5 Å². The second-order valence-electron chi connectivity index (χ2n) is 3.15. The van der Waals surface area contributed by atoms with Gasteiger partial charge in [0.15, 0.2) is 5.58 Å². The lowest BCUT2D eigenvalue weighted by atomic mass is 10.3. The van der Waals surface area contributed by atoms with Crippen molar-refractivity contribution in [1.29, 1.82) is 0 Å². The van der Waals surface area contributed by atoms with Crippen molar-refractivity contribution in [3.05, 3.63) is 28.7 Å². The summed E-state index contributed by atoms with van der Waals surface area (Å²) in [7, 11) is 0. The van der Waals surface area contributed by atoms with Gasteiger partial charge < -0.3 is 9.15 Å². The summed E-state index contributed by atoms with van der Waals surface area (Å²) in [4.78, 5) is 11.5. The minimum atomic E-state index is -0.334. The van der Waals surface area contributed by atoms with Crippen LogP contribution in [-0.4, -0.2) is 11.2 Å². The van der Waals surface area contributed by atoms with Gasteiger partial charge in [-0.1, -0.05) is 6.07 Å². The van der Waals surface area contributed by atoms with Gasteiger partial charge in [0, 0.05) is 6.54 Å². The molecule has 0 atom stereocenters. The summed E-state index contributed by atoms with van der Waals surface area (Å²) in [6, 6.07) is 5.43. The fourth-order valence-corrected chi connectivity index (χ4v) is 1.65. The van der Waals surface area contributed by atoms with Gasteiger partial charge in [-0.2, -0.15) is 0 Å². The Kier molecular flexibility index (Phi) is 2.49. The van der Waals surface area contributed by atoms with Gasteiger partial charge in [0.1, 0.15) is 11.3 Å². The van der Waals surface area contributed by atoms with E-state index in [-0.39, 0.29) is 5.76 Å². The number of aryl methyl sites for hydroxylation is 1. The number of aromatic nitrogens is 1. The lowest BCUT2D eigenvalue weighted by Gasteiger charge is -2.05. The van der Waals surface area contributed by atoms with Gasteiger partial charge in [0.2, 0.25) is 0 Å². The van der Waals surface area contributed by atoms with E-state index >= 15 is 0 Å². The van der Waals surface area contributed by atoms with Gasteiger partial charge in [-0.3, -0.25) is 4.57 Å². The number of ether oxygens (including phenoxy) is 1. The van der Waals surface area contributed by atoms with E-state index in [9.17, 15) is 4.79 Å². The Labute approximate surface area is 87.1 Å². The van der Waals surface area contributed by atoms with Crippen LogP contribution in [0, 0.1) is 0 Å².